The van der Waals surface area contributed by atoms with Gasteiger partial charge in [0.1, 0.15) is 0 Å². The number of rotatable bonds is 5. The summed E-state index contributed by atoms with van der Waals surface area (Å²) >= 11 is 12.1. The minimum Gasteiger partial charge on any atom is -0.388 e. The van der Waals surface area contributed by atoms with Crippen LogP contribution in [-0.4, -0.2) is 42.9 Å². The molecule has 0 amide bonds. The maximum Gasteiger partial charge on any atom is 0.0817 e. The van der Waals surface area contributed by atoms with Gasteiger partial charge >= 0.3 is 0 Å². The van der Waals surface area contributed by atoms with Gasteiger partial charge in [-0.15, -0.1) is 0 Å². The Bertz CT molecular complexity index is 422. The largest absolute Gasteiger partial charge is 0.388 e. The fourth-order valence-corrected chi connectivity index (χ4v) is 2.75. The summed E-state index contributed by atoms with van der Waals surface area (Å²) in [6.07, 6.45) is 1.10. The smallest absolute Gasteiger partial charge is 0.0817 e. The maximum absolute atomic E-state index is 10.2. The predicted octanol–water partition coefficient (Wildman–Crippen LogP) is 3.14. The molecule has 0 radical (unpaired) electrons. The van der Waals surface area contributed by atoms with E-state index < -0.39 is 6.10 Å². The van der Waals surface area contributed by atoms with Crippen molar-refractivity contribution in [1.82, 2.24) is 4.90 Å². The lowest BCUT2D eigenvalue weighted by molar-refractivity contribution is 0.124. The van der Waals surface area contributed by atoms with E-state index in [0.29, 0.717) is 28.1 Å². The summed E-state index contributed by atoms with van der Waals surface area (Å²) in [6, 6.07) is 5.81. The average molecular weight is 304 g/mol. The summed E-state index contributed by atoms with van der Waals surface area (Å²) < 4.78 is 5.36. The molecule has 106 valence electrons. The van der Waals surface area contributed by atoms with Gasteiger partial charge < -0.3 is 14.7 Å². The van der Waals surface area contributed by atoms with Crippen LogP contribution in [0.1, 0.15) is 24.5 Å². The van der Waals surface area contributed by atoms with Crippen molar-refractivity contribution in [2.24, 2.45) is 0 Å². The molecule has 1 aliphatic rings. The summed E-state index contributed by atoms with van der Waals surface area (Å²) in [5.41, 5.74) is 0.699. The molecule has 5 heteroatoms. The van der Waals surface area contributed by atoms with E-state index in [-0.39, 0.29) is 0 Å². The van der Waals surface area contributed by atoms with Crippen LogP contribution in [0.15, 0.2) is 18.2 Å². The Hall–Kier alpha value is -0.320. The molecule has 0 bridgehead atoms. The maximum atomic E-state index is 10.2. The Labute approximate surface area is 124 Å². The van der Waals surface area contributed by atoms with Gasteiger partial charge in [-0.25, -0.2) is 0 Å². The zero-order valence-corrected chi connectivity index (χ0v) is 12.5. The van der Waals surface area contributed by atoms with Crippen LogP contribution in [0.2, 0.25) is 10.0 Å². The number of benzene rings is 1. The van der Waals surface area contributed by atoms with E-state index in [0.717, 1.165) is 26.2 Å². The van der Waals surface area contributed by atoms with Gasteiger partial charge in [-0.2, -0.15) is 0 Å². The lowest BCUT2D eigenvalue weighted by atomic mass is 10.1. The molecule has 1 N–H and O–H groups in total. The molecule has 1 aromatic rings. The molecule has 2 unspecified atom stereocenters. The molecule has 0 saturated carbocycles. The van der Waals surface area contributed by atoms with Crippen molar-refractivity contribution in [1.29, 1.82) is 0 Å². The number of aliphatic hydroxyl groups is 1. The first-order chi connectivity index (χ1) is 9.09. The molecule has 1 aromatic carbocycles. The molecular weight excluding hydrogens is 285 g/mol. The Morgan fingerprint density at radius 2 is 2.26 bits per heavy atom. The Morgan fingerprint density at radius 3 is 2.95 bits per heavy atom. The third-order valence-electron chi connectivity index (χ3n) is 3.62. The topological polar surface area (TPSA) is 32.7 Å². The molecule has 19 heavy (non-hydrogen) atoms. The Balaban J connectivity index is 1.90. The first kappa shape index (κ1) is 15.1. The second kappa shape index (κ2) is 6.91. The van der Waals surface area contributed by atoms with Gasteiger partial charge in [0.05, 0.1) is 22.8 Å². The first-order valence-electron chi connectivity index (χ1n) is 6.49. The molecule has 0 aliphatic carbocycles. The van der Waals surface area contributed by atoms with Gasteiger partial charge in [0, 0.05) is 24.8 Å². The summed E-state index contributed by atoms with van der Waals surface area (Å²) in [5, 5.41) is 11.1. The number of aliphatic hydroxyl groups excluding tert-OH is 1. The van der Waals surface area contributed by atoms with Crippen LogP contribution < -0.4 is 0 Å². The quantitative estimate of drug-likeness (QED) is 0.907. The molecule has 0 aromatic heterocycles. The van der Waals surface area contributed by atoms with Crippen LogP contribution in [-0.2, 0) is 4.74 Å². The van der Waals surface area contributed by atoms with Crippen molar-refractivity contribution in [3.8, 4) is 0 Å². The van der Waals surface area contributed by atoms with Gasteiger partial charge in [-0.1, -0.05) is 35.3 Å². The highest BCUT2D eigenvalue weighted by Crippen LogP contribution is 2.31. The molecule has 0 spiro atoms. The molecule has 1 heterocycles. The molecule has 1 saturated heterocycles. The summed E-state index contributed by atoms with van der Waals surface area (Å²) in [4.78, 5) is 2.23. The van der Waals surface area contributed by atoms with Crippen molar-refractivity contribution in [3.63, 3.8) is 0 Å². The van der Waals surface area contributed by atoms with Crippen molar-refractivity contribution in [2.45, 2.75) is 25.0 Å². The average Bonchev–Trinajstić information content (AvgIpc) is 2.93. The highest BCUT2D eigenvalue weighted by molar-refractivity contribution is 6.42. The van der Waals surface area contributed by atoms with E-state index in [1.807, 2.05) is 6.07 Å². The summed E-state index contributed by atoms with van der Waals surface area (Å²) in [5.74, 6) is 0. The molecular formula is C14H19Cl2NO2. The minimum absolute atomic E-state index is 0.448. The van der Waals surface area contributed by atoms with Gasteiger partial charge in [0.25, 0.3) is 0 Å². The van der Waals surface area contributed by atoms with Gasteiger partial charge in [0.15, 0.2) is 0 Å². The minimum atomic E-state index is -0.587. The Morgan fingerprint density at radius 1 is 1.47 bits per heavy atom. The zero-order chi connectivity index (χ0) is 13.8. The standard InChI is InChI=1S/C14H19Cl2NO2/c1-17(10-6-8-19-9-10)7-5-13(18)11-3-2-4-12(15)14(11)16/h2-4,10,13,18H,5-9H2,1H3. The lowest BCUT2D eigenvalue weighted by Gasteiger charge is -2.24. The number of hydrogen-bond acceptors (Lipinski definition) is 3. The van der Waals surface area contributed by atoms with E-state index in [9.17, 15) is 5.11 Å². The van der Waals surface area contributed by atoms with Gasteiger partial charge in [-0.05, 0) is 26.0 Å². The van der Waals surface area contributed by atoms with Crippen LogP contribution >= 0.6 is 23.2 Å². The number of hydrogen-bond donors (Lipinski definition) is 1. The fraction of sp³-hybridized carbons (Fsp3) is 0.571. The van der Waals surface area contributed by atoms with Crippen LogP contribution in [0.4, 0.5) is 0 Å². The number of ether oxygens (including phenoxy) is 1. The highest BCUT2D eigenvalue weighted by atomic mass is 35.5. The Kier molecular flexibility index (Phi) is 5.48. The molecule has 2 rings (SSSR count). The third kappa shape index (κ3) is 3.83. The van der Waals surface area contributed by atoms with Crippen molar-refractivity contribution in [2.75, 3.05) is 26.8 Å². The van der Waals surface area contributed by atoms with Gasteiger partial charge in [-0.3, -0.25) is 0 Å². The zero-order valence-electron chi connectivity index (χ0n) is 11.0. The van der Waals surface area contributed by atoms with Crippen LogP contribution in [0.25, 0.3) is 0 Å². The monoisotopic (exact) mass is 303 g/mol. The van der Waals surface area contributed by atoms with E-state index in [1.165, 1.54) is 0 Å². The van der Waals surface area contributed by atoms with Gasteiger partial charge in [0.2, 0.25) is 0 Å². The van der Waals surface area contributed by atoms with Crippen molar-refractivity contribution in [3.05, 3.63) is 33.8 Å². The first-order valence-corrected chi connectivity index (χ1v) is 7.25. The van der Waals surface area contributed by atoms with E-state index in [4.69, 9.17) is 27.9 Å². The second-order valence-corrected chi connectivity index (χ2v) is 5.73. The third-order valence-corrected chi connectivity index (χ3v) is 4.46. The fourth-order valence-electron chi connectivity index (χ4n) is 2.31. The molecule has 2 atom stereocenters. The van der Waals surface area contributed by atoms with Crippen molar-refractivity contribution < 1.29 is 9.84 Å². The number of nitrogens with zero attached hydrogens (tertiary/aromatic N) is 1. The number of likely N-dealkylation sites (N-methyl/N-ethyl adjacent to an activating group) is 1. The van der Waals surface area contributed by atoms with Crippen LogP contribution in [0, 0.1) is 0 Å². The lowest BCUT2D eigenvalue weighted by Crippen LogP contribution is -2.33. The van der Waals surface area contributed by atoms with Crippen molar-refractivity contribution >= 4 is 23.2 Å². The van der Waals surface area contributed by atoms with Crippen LogP contribution in [0.3, 0.4) is 0 Å². The van der Waals surface area contributed by atoms with Crippen LogP contribution in [0.5, 0.6) is 0 Å². The normalized spacial score (nSPS) is 21.0. The summed E-state index contributed by atoms with van der Waals surface area (Å²) in [6.45, 7) is 2.42. The molecule has 1 aliphatic heterocycles. The SMILES string of the molecule is CN(CCC(O)c1cccc(Cl)c1Cl)C1CCOC1. The molecule has 3 nitrogen and oxygen atoms in total. The number of halogens is 2. The molecule has 1 fully saturated rings. The van der Waals surface area contributed by atoms with E-state index in [1.54, 1.807) is 12.1 Å². The summed E-state index contributed by atoms with van der Waals surface area (Å²) in [7, 11) is 2.06. The second-order valence-electron chi connectivity index (χ2n) is 4.95. The van der Waals surface area contributed by atoms with E-state index >= 15 is 0 Å². The van der Waals surface area contributed by atoms with E-state index in [2.05, 4.69) is 11.9 Å². The highest BCUT2D eigenvalue weighted by Gasteiger charge is 2.21. The predicted molar refractivity (Wildman–Crippen MR) is 77.9 cm³/mol.